The lowest BCUT2D eigenvalue weighted by molar-refractivity contribution is -0.384. The Hall–Kier alpha value is -3.42. The Morgan fingerprint density at radius 1 is 1.20 bits per heavy atom. The summed E-state index contributed by atoms with van der Waals surface area (Å²) in [5.41, 5.74) is 1.38. The second kappa shape index (κ2) is 7.91. The van der Waals surface area contributed by atoms with E-state index in [-0.39, 0.29) is 29.7 Å². The minimum atomic E-state index is -0.544. The van der Waals surface area contributed by atoms with Crippen molar-refractivity contribution >= 4 is 28.8 Å². The van der Waals surface area contributed by atoms with Gasteiger partial charge < -0.3 is 15.4 Å². The fourth-order valence-electron chi connectivity index (χ4n) is 2.12. The number of rotatable bonds is 7. The fraction of sp³-hybridized carbons (Fsp3) is 0.176. The predicted molar refractivity (Wildman–Crippen MR) is 93.2 cm³/mol. The largest absolute Gasteiger partial charge is 0.494 e. The molecule has 2 rings (SSSR count). The van der Waals surface area contributed by atoms with E-state index in [2.05, 4.69) is 10.6 Å². The molecule has 0 saturated heterocycles. The van der Waals surface area contributed by atoms with Crippen LogP contribution in [-0.4, -0.2) is 30.3 Å². The van der Waals surface area contributed by atoms with Gasteiger partial charge in [-0.1, -0.05) is 12.1 Å². The molecular weight excluding hydrogens is 326 g/mol. The number of carbonyl (C=O) groups is 2. The molecule has 0 bridgehead atoms. The van der Waals surface area contributed by atoms with Gasteiger partial charge in [0.1, 0.15) is 5.75 Å². The van der Waals surface area contributed by atoms with Crippen LogP contribution in [0.2, 0.25) is 0 Å². The molecule has 130 valence electrons. The van der Waals surface area contributed by atoms with Crippen LogP contribution in [0.15, 0.2) is 42.5 Å². The first kappa shape index (κ1) is 17.9. The number of carbonyl (C=O) groups excluding carboxylic acids is 2. The van der Waals surface area contributed by atoms with Crippen LogP contribution in [0.25, 0.3) is 0 Å². The zero-order valence-electron chi connectivity index (χ0n) is 13.7. The summed E-state index contributed by atoms with van der Waals surface area (Å²) in [6.07, 6.45) is 0. The van der Waals surface area contributed by atoms with Crippen LogP contribution < -0.4 is 15.4 Å². The van der Waals surface area contributed by atoms with Crippen molar-refractivity contribution in [3.63, 3.8) is 0 Å². The van der Waals surface area contributed by atoms with Crippen molar-refractivity contribution in [3.8, 4) is 5.75 Å². The minimum absolute atomic E-state index is 0.0402. The van der Waals surface area contributed by atoms with Gasteiger partial charge in [-0.05, 0) is 25.1 Å². The maximum Gasteiger partial charge on any atom is 0.273 e. The van der Waals surface area contributed by atoms with Crippen molar-refractivity contribution in [2.24, 2.45) is 0 Å². The fourth-order valence-corrected chi connectivity index (χ4v) is 2.12. The van der Waals surface area contributed by atoms with Gasteiger partial charge in [-0.15, -0.1) is 0 Å². The van der Waals surface area contributed by atoms with E-state index in [1.165, 1.54) is 32.2 Å². The van der Waals surface area contributed by atoms with E-state index >= 15 is 0 Å². The number of ketones is 1. The van der Waals surface area contributed by atoms with Gasteiger partial charge in [-0.2, -0.15) is 0 Å². The molecule has 8 heteroatoms. The Kier molecular flexibility index (Phi) is 5.67. The first-order valence-electron chi connectivity index (χ1n) is 7.38. The number of nitrogens with one attached hydrogen (secondary N) is 2. The number of Topliss-reactive ketones (excluding diaryl/α,β-unsaturated/α-hetero) is 1. The monoisotopic (exact) mass is 343 g/mol. The molecule has 0 saturated carbocycles. The number of amides is 1. The van der Waals surface area contributed by atoms with E-state index in [4.69, 9.17) is 4.74 Å². The maximum atomic E-state index is 12.1. The Balaban J connectivity index is 2.02. The van der Waals surface area contributed by atoms with E-state index in [0.717, 1.165) is 0 Å². The van der Waals surface area contributed by atoms with Crippen molar-refractivity contribution in [2.75, 3.05) is 24.3 Å². The molecule has 0 aliphatic rings. The summed E-state index contributed by atoms with van der Waals surface area (Å²) in [7, 11) is 1.36. The molecule has 2 N–H and O–H groups in total. The third-order valence-corrected chi connectivity index (χ3v) is 3.39. The Morgan fingerprint density at radius 2 is 1.96 bits per heavy atom. The summed E-state index contributed by atoms with van der Waals surface area (Å²) in [5, 5.41) is 16.3. The highest BCUT2D eigenvalue weighted by atomic mass is 16.6. The van der Waals surface area contributed by atoms with Crippen molar-refractivity contribution in [1.29, 1.82) is 0 Å². The van der Waals surface area contributed by atoms with E-state index in [1.54, 1.807) is 24.3 Å². The number of anilines is 2. The molecule has 2 aromatic rings. The van der Waals surface area contributed by atoms with Crippen LogP contribution in [0.3, 0.4) is 0 Å². The third kappa shape index (κ3) is 4.77. The van der Waals surface area contributed by atoms with Crippen LogP contribution in [0.1, 0.15) is 17.3 Å². The average Bonchev–Trinajstić information content (AvgIpc) is 2.60. The molecule has 0 heterocycles. The molecule has 0 unspecified atom stereocenters. The summed E-state index contributed by atoms with van der Waals surface area (Å²) in [4.78, 5) is 33.6. The van der Waals surface area contributed by atoms with Crippen LogP contribution in [0.5, 0.6) is 5.75 Å². The molecule has 0 aliphatic heterocycles. The summed E-state index contributed by atoms with van der Waals surface area (Å²) in [6, 6.07) is 10.7. The van der Waals surface area contributed by atoms with E-state index in [0.29, 0.717) is 16.9 Å². The van der Waals surface area contributed by atoms with E-state index in [9.17, 15) is 19.7 Å². The van der Waals surface area contributed by atoms with Crippen LogP contribution in [0.4, 0.5) is 17.1 Å². The third-order valence-electron chi connectivity index (χ3n) is 3.39. The molecule has 0 spiro atoms. The van der Waals surface area contributed by atoms with Gasteiger partial charge in [-0.25, -0.2) is 0 Å². The van der Waals surface area contributed by atoms with Gasteiger partial charge >= 0.3 is 0 Å². The quantitative estimate of drug-likeness (QED) is 0.454. The number of nitro benzene ring substituents is 1. The van der Waals surface area contributed by atoms with Crippen LogP contribution in [-0.2, 0) is 4.79 Å². The highest BCUT2D eigenvalue weighted by molar-refractivity contribution is 5.96. The van der Waals surface area contributed by atoms with Crippen molar-refractivity contribution in [1.82, 2.24) is 0 Å². The van der Waals surface area contributed by atoms with Gasteiger partial charge in [0, 0.05) is 17.3 Å². The average molecular weight is 343 g/mol. The van der Waals surface area contributed by atoms with Crippen molar-refractivity contribution in [2.45, 2.75) is 6.92 Å². The maximum absolute atomic E-state index is 12.1. The number of benzene rings is 2. The molecule has 1 amide bonds. The first-order valence-corrected chi connectivity index (χ1v) is 7.38. The van der Waals surface area contributed by atoms with Crippen LogP contribution >= 0.6 is 0 Å². The molecule has 0 radical (unpaired) electrons. The standard InChI is InChI=1S/C17H17N3O5/c1-11(21)12-4-3-5-13(8-12)18-10-17(22)19-15-7-6-14(20(23)24)9-16(15)25-2/h3-9,18H,10H2,1-2H3,(H,19,22). The van der Waals surface area contributed by atoms with Gasteiger partial charge in [0.05, 0.1) is 30.3 Å². The number of methoxy groups -OCH3 is 1. The molecule has 0 fully saturated rings. The molecule has 2 aromatic carbocycles. The number of hydrogen-bond acceptors (Lipinski definition) is 6. The lowest BCUT2D eigenvalue weighted by Gasteiger charge is -2.11. The van der Waals surface area contributed by atoms with Gasteiger partial charge in [0.25, 0.3) is 5.69 Å². The highest BCUT2D eigenvalue weighted by Gasteiger charge is 2.13. The summed E-state index contributed by atoms with van der Waals surface area (Å²) >= 11 is 0. The van der Waals surface area contributed by atoms with Crippen LogP contribution in [0, 0.1) is 10.1 Å². The number of nitrogens with zero attached hydrogens (tertiary/aromatic N) is 1. The Labute approximate surface area is 144 Å². The molecule has 8 nitrogen and oxygen atoms in total. The highest BCUT2D eigenvalue weighted by Crippen LogP contribution is 2.28. The molecule has 0 aromatic heterocycles. The predicted octanol–water partition coefficient (Wildman–Crippen LogP) is 2.86. The zero-order chi connectivity index (χ0) is 18.4. The normalized spacial score (nSPS) is 10.0. The van der Waals surface area contributed by atoms with Gasteiger partial charge in [0.15, 0.2) is 5.78 Å². The number of hydrogen-bond donors (Lipinski definition) is 2. The van der Waals surface area contributed by atoms with E-state index < -0.39 is 4.92 Å². The molecule has 0 aliphatic carbocycles. The molecule has 0 atom stereocenters. The SMILES string of the molecule is COc1cc([N+](=O)[O-])ccc1NC(=O)CNc1cccc(C(C)=O)c1. The number of nitro groups is 1. The first-order chi connectivity index (χ1) is 11.9. The van der Waals surface area contributed by atoms with E-state index in [1.807, 2.05) is 0 Å². The van der Waals surface area contributed by atoms with Gasteiger partial charge in [0.2, 0.25) is 5.91 Å². The summed E-state index contributed by atoms with van der Waals surface area (Å²) < 4.78 is 5.06. The Bertz CT molecular complexity index is 820. The Morgan fingerprint density at radius 3 is 2.60 bits per heavy atom. The minimum Gasteiger partial charge on any atom is -0.494 e. The lowest BCUT2D eigenvalue weighted by atomic mass is 10.1. The topological polar surface area (TPSA) is 111 Å². The van der Waals surface area contributed by atoms with Crippen molar-refractivity contribution < 1.29 is 19.2 Å². The van der Waals surface area contributed by atoms with Crippen molar-refractivity contribution in [3.05, 3.63) is 58.1 Å². The summed E-state index contributed by atoms with van der Waals surface area (Å²) in [6.45, 7) is 1.42. The molecular formula is C17H17N3O5. The molecule has 25 heavy (non-hydrogen) atoms. The second-order valence-electron chi connectivity index (χ2n) is 5.18. The van der Waals surface area contributed by atoms with Gasteiger partial charge in [-0.3, -0.25) is 19.7 Å². The number of ether oxygens (including phenoxy) is 1. The zero-order valence-corrected chi connectivity index (χ0v) is 13.7. The smallest absolute Gasteiger partial charge is 0.273 e. The summed E-state index contributed by atoms with van der Waals surface area (Å²) in [5.74, 6) is -0.231. The lowest BCUT2D eigenvalue weighted by Crippen LogP contribution is -2.22. The second-order valence-corrected chi connectivity index (χ2v) is 5.18. The number of non-ortho nitro benzene ring substituents is 1.